The number of carbonyl (C=O) groups excluding carboxylic acids is 2. The molecule has 0 unspecified atom stereocenters. The second kappa shape index (κ2) is 8.26. The van der Waals surface area contributed by atoms with Gasteiger partial charge in [-0.25, -0.2) is 0 Å². The average Bonchev–Trinajstić information content (AvgIpc) is 3.26. The van der Waals surface area contributed by atoms with Gasteiger partial charge in [-0.2, -0.15) is 0 Å². The Labute approximate surface area is 177 Å². The monoisotopic (exact) mass is 426 g/mol. The summed E-state index contributed by atoms with van der Waals surface area (Å²) in [5.41, 5.74) is 2.68. The largest absolute Gasteiger partial charge is 0.454 e. The molecule has 0 atom stereocenters. The highest BCUT2D eigenvalue weighted by Crippen LogP contribution is 2.36. The van der Waals surface area contributed by atoms with Crippen LogP contribution in [0.2, 0.25) is 0 Å². The predicted molar refractivity (Wildman–Crippen MR) is 117 cm³/mol. The molecule has 29 heavy (non-hydrogen) atoms. The van der Waals surface area contributed by atoms with E-state index in [-0.39, 0.29) is 31.6 Å². The molecule has 0 saturated carbocycles. The Kier molecular flexibility index (Phi) is 5.55. The lowest BCUT2D eigenvalue weighted by atomic mass is 10.2. The molecule has 2 aliphatic rings. The first-order valence-corrected chi connectivity index (χ1v) is 10.2. The third-order valence-electron chi connectivity index (χ3n) is 4.47. The van der Waals surface area contributed by atoms with Crippen LogP contribution in [-0.4, -0.2) is 34.4 Å². The van der Waals surface area contributed by atoms with Crippen LogP contribution in [-0.2, 0) is 9.59 Å². The number of carbonyl (C=O) groups is 2. The van der Waals surface area contributed by atoms with Gasteiger partial charge in [0.2, 0.25) is 12.7 Å². The Balaban J connectivity index is 1.38. The third kappa shape index (κ3) is 4.44. The molecule has 2 aliphatic heterocycles. The van der Waals surface area contributed by atoms with Crippen molar-refractivity contribution < 1.29 is 19.1 Å². The minimum atomic E-state index is -0.194. The molecule has 2 aromatic carbocycles. The van der Waals surface area contributed by atoms with Gasteiger partial charge in [0.05, 0.1) is 4.91 Å². The number of aryl methyl sites for hydroxylation is 1. The number of anilines is 1. The van der Waals surface area contributed by atoms with E-state index in [4.69, 9.17) is 21.7 Å². The van der Waals surface area contributed by atoms with Crippen LogP contribution < -0.4 is 14.8 Å². The summed E-state index contributed by atoms with van der Waals surface area (Å²) >= 11 is 6.57. The van der Waals surface area contributed by atoms with E-state index in [0.717, 1.165) is 16.8 Å². The number of rotatable bonds is 5. The Bertz CT molecular complexity index is 1020. The van der Waals surface area contributed by atoms with Gasteiger partial charge in [-0.15, -0.1) is 0 Å². The number of fused-ring (bicyclic) bond motifs is 1. The first kappa shape index (κ1) is 19.5. The summed E-state index contributed by atoms with van der Waals surface area (Å²) in [6.45, 7) is 2.42. The summed E-state index contributed by atoms with van der Waals surface area (Å²) in [6, 6.07) is 13.0. The molecule has 1 saturated heterocycles. The molecule has 0 spiro atoms. The van der Waals surface area contributed by atoms with E-state index in [9.17, 15) is 9.59 Å². The molecule has 2 aromatic rings. The molecule has 0 bridgehead atoms. The number of ether oxygens (including phenoxy) is 2. The zero-order chi connectivity index (χ0) is 20.4. The van der Waals surface area contributed by atoms with Crippen molar-refractivity contribution in [2.24, 2.45) is 0 Å². The van der Waals surface area contributed by atoms with E-state index >= 15 is 0 Å². The molecule has 0 radical (unpaired) electrons. The van der Waals surface area contributed by atoms with Gasteiger partial charge in [0.15, 0.2) is 11.5 Å². The predicted octanol–water partition coefficient (Wildman–Crippen LogP) is 3.95. The zero-order valence-electron chi connectivity index (χ0n) is 15.6. The molecule has 148 valence electrons. The van der Waals surface area contributed by atoms with Gasteiger partial charge < -0.3 is 14.8 Å². The zero-order valence-corrected chi connectivity index (χ0v) is 17.3. The molecular weight excluding hydrogens is 408 g/mol. The Morgan fingerprint density at radius 2 is 1.97 bits per heavy atom. The van der Waals surface area contributed by atoms with Crippen LogP contribution >= 0.6 is 24.0 Å². The van der Waals surface area contributed by atoms with Crippen molar-refractivity contribution >= 4 is 51.9 Å². The summed E-state index contributed by atoms with van der Waals surface area (Å²) in [7, 11) is 0. The van der Waals surface area contributed by atoms with Gasteiger partial charge in [-0.05, 0) is 42.8 Å². The molecular formula is C21H18N2O4S2. The normalized spacial score (nSPS) is 16.6. The highest BCUT2D eigenvalue weighted by atomic mass is 32.2. The minimum Gasteiger partial charge on any atom is -0.454 e. The number of hydrogen-bond donors (Lipinski definition) is 1. The lowest BCUT2D eigenvalue weighted by molar-refractivity contribution is -0.122. The lowest BCUT2D eigenvalue weighted by Gasteiger charge is -2.14. The van der Waals surface area contributed by atoms with Crippen LogP contribution in [0.25, 0.3) is 6.08 Å². The second-order valence-corrected chi connectivity index (χ2v) is 8.29. The van der Waals surface area contributed by atoms with Gasteiger partial charge in [0.25, 0.3) is 5.91 Å². The van der Waals surface area contributed by atoms with Gasteiger partial charge in [-0.3, -0.25) is 14.5 Å². The van der Waals surface area contributed by atoms with Crippen LogP contribution in [0.3, 0.4) is 0 Å². The number of nitrogens with zero attached hydrogens (tertiary/aromatic N) is 1. The highest BCUT2D eigenvalue weighted by Gasteiger charge is 2.32. The van der Waals surface area contributed by atoms with Gasteiger partial charge in [0, 0.05) is 18.7 Å². The average molecular weight is 427 g/mol. The molecule has 2 amide bonds. The van der Waals surface area contributed by atoms with Gasteiger partial charge in [0.1, 0.15) is 4.32 Å². The molecule has 0 aromatic heterocycles. The number of hydrogen-bond acceptors (Lipinski definition) is 6. The van der Waals surface area contributed by atoms with Crippen molar-refractivity contribution in [2.45, 2.75) is 13.3 Å². The van der Waals surface area contributed by atoms with Crippen LogP contribution in [0.1, 0.15) is 17.5 Å². The lowest BCUT2D eigenvalue weighted by Crippen LogP contribution is -2.31. The maximum atomic E-state index is 12.7. The molecule has 4 rings (SSSR count). The van der Waals surface area contributed by atoms with E-state index in [1.807, 2.05) is 49.4 Å². The van der Waals surface area contributed by atoms with E-state index in [1.54, 1.807) is 6.08 Å². The van der Waals surface area contributed by atoms with Crippen LogP contribution in [0.4, 0.5) is 5.69 Å². The minimum absolute atomic E-state index is 0.164. The summed E-state index contributed by atoms with van der Waals surface area (Å²) in [4.78, 5) is 26.9. The number of benzene rings is 2. The van der Waals surface area contributed by atoms with Crippen molar-refractivity contribution in [3.63, 3.8) is 0 Å². The van der Waals surface area contributed by atoms with Crippen molar-refractivity contribution in [3.05, 3.63) is 58.5 Å². The van der Waals surface area contributed by atoms with Crippen molar-refractivity contribution in [3.8, 4) is 11.5 Å². The summed E-state index contributed by atoms with van der Waals surface area (Å²) < 4.78 is 11.1. The molecule has 6 nitrogen and oxygen atoms in total. The Morgan fingerprint density at radius 1 is 1.21 bits per heavy atom. The summed E-state index contributed by atoms with van der Waals surface area (Å²) in [6.07, 6.45) is 1.94. The maximum Gasteiger partial charge on any atom is 0.266 e. The topological polar surface area (TPSA) is 67.9 Å². The SMILES string of the molecule is Cc1ccc(NC(=O)CCN2C(=O)C(=Cc3ccc4c(c3)OCO4)SC2=S)cc1. The fourth-order valence-electron chi connectivity index (χ4n) is 2.92. The van der Waals surface area contributed by atoms with Crippen molar-refractivity contribution in [2.75, 3.05) is 18.7 Å². The van der Waals surface area contributed by atoms with Gasteiger partial charge >= 0.3 is 0 Å². The number of thioether (sulfide) groups is 1. The van der Waals surface area contributed by atoms with Crippen molar-refractivity contribution in [1.82, 2.24) is 4.90 Å². The molecule has 1 N–H and O–H groups in total. The standard InChI is InChI=1S/C21H18N2O4S2/c1-13-2-5-15(6-3-13)22-19(24)8-9-23-20(25)18(29-21(23)28)11-14-4-7-16-17(10-14)27-12-26-16/h2-7,10-11H,8-9,12H2,1H3,(H,22,24). The number of thiocarbonyl (C=S) groups is 1. The number of amides is 2. The second-order valence-electron chi connectivity index (χ2n) is 6.61. The van der Waals surface area contributed by atoms with E-state index < -0.39 is 0 Å². The fourth-order valence-corrected chi connectivity index (χ4v) is 4.23. The smallest absolute Gasteiger partial charge is 0.266 e. The summed E-state index contributed by atoms with van der Waals surface area (Å²) in [5.74, 6) is 0.986. The first-order chi connectivity index (χ1) is 14.0. The van der Waals surface area contributed by atoms with E-state index in [1.165, 1.54) is 16.7 Å². The van der Waals surface area contributed by atoms with Crippen LogP contribution in [0.15, 0.2) is 47.4 Å². The third-order valence-corrected chi connectivity index (χ3v) is 5.84. The van der Waals surface area contributed by atoms with Crippen LogP contribution in [0.5, 0.6) is 11.5 Å². The Hall–Kier alpha value is -2.84. The maximum absolute atomic E-state index is 12.7. The molecule has 0 aliphatic carbocycles. The highest BCUT2D eigenvalue weighted by molar-refractivity contribution is 8.26. The van der Waals surface area contributed by atoms with Crippen LogP contribution in [0, 0.1) is 6.92 Å². The molecule has 1 fully saturated rings. The number of nitrogens with one attached hydrogen (secondary N) is 1. The Morgan fingerprint density at radius 3 is 2.76 bits per heavy atom. The van der Waals surface area contributed by atoms with E-state index in [2.05, 4.69) is 5.32 Å². The van der Waals surface area contributed by atoms with E-state index in [0.29, 0.717) is 20.7 Å². The summed E-state index contributed by atoms with van der Waals surface area (Å²) in [5, 5.41) is 2.83. The van der Waals surface area contributed by atoms with Gasteiger partial charge in [-0.1, -0.05) is 47.7 Å². The fraction of sp³-hybridized carbons (Fsp3) is 0.190. The van der Waals surface area contributed by atoms with Crippen molar-refractivity contribution in [1.29, 1.82) is 0 Å². The molecule has 2 heterocycles. The quantitative estimate of drug-likeness (QED) is 0.577. The molecule has 8 heteroatoms. The first-order valence-electron chi connectivity index (χ1n) is 9.01.